The Kier molecular flexibility index (Phi) is 10.9. The Hall–Kier alpha value is -4.51. The van der Waals surface area contributed by atoms with Gasteiger partial charge in [0.05, 0.1) is 36.0 Å². The second-order valence-corrected chi connectivity index (χ2v) is 14.9. The molecule has 2 N–H and O–H groups in total. The van der Waals surface area contributed by atoms with Crippen molar-refractivity contribution >= 4 is 16.9 Å². The third-order valence-corrected chi connectivity index (χ3v) is 11.3. The lowest BCUT2D eigenvalue weighted by Crippen LogP contribution is -2.48. The van der Waals surface area contributed by atoms with Crippen LogP contribution in [0.15, 0.2) is 103 Å². The third-order valence-electron chi connectivity index (χ3n) is 11.3. The Labute approximate surface area is 312 Å². The number of aliphatic hydroxyl groups excluding tert-OH is 1. The summed E-state index contributed by atoms with van der Waals surface area (Å²) in [6.45, 7) is 8.25. The predicted octanol–water partition coefficient (Wildman–Crippen LogP) is 7.07. The van der Waals surface area contributed by atoms with Crippen LogP contribution < -0.4 is 5.32 Å². The molecule has 3 aliphatic heterocycles. The summed E-state index contributed by atoms with van der Waals surface area (Å²) in [4.78, 5) is 27.1. The van der Waals surface area contributed by atoms with Gasteiger partial charge in [-0.2, -0.15) is 0 Å². The number of likely N-dealkylation sites (tertiary alicyclic amines) is 2. The molecule has 8 rings (SSSR count). The number of hydrogen-bond donors (Lipinski definition) is 2. The van der Waals surface area contributed by atoms with E-state index < -0.39 is 6.29 Å². The number of para-hydroxylation sites is 2. The van der Waals surface area contributed by atoms with Gasteiger partial charge in [0.1, 0.15) is 5.69 Å². The Morgan fingerprint density at radius 1 is 0.811 bits per heavy atom. The van der Waals surface area contributed by atoms with Crippen molar-refractivity contribution < 1.29 is 19.4 Å². The first kappa shape index (κ1) is 35.5. The van der Waals surface area contributed by atoms with Gasteiger partial charge in [-0.25, -0.2) is 4.98 Å². The number of rotatable bonds is 11. The standard InChI is InChI=1S/C44H49N5O4/c1-30-41(28-49-23-7-10-37(49)27-48-21-4-5-22-48)52-44(53-42(30)34-15-13-31(29-50)14-16-34)35-19-17-33(18-20-35)36-9-6-8-32(24-36)25-46-43(51)40-26-45-38-11-2-3-12-39(38)47-40/h2-3,6,8-9,11-20,24,26,30,37,41-42,44,50H,4-5,7,10,21-23,25,27-29H2,1H3,(H,46,51)/t30-,37+,41+,42+,44+/m1/s1. The lowest BCUT2D eigenvalue weighted by Gasteiger charge is -2.43. The SMILES string of the molecule is C[C@@H]1[C@H](CN2CCC[C@H]2CN2CCCC2)O[C@H](c2ccc(-c3cccc(CNC(=O)c4cnc5ccccc5n4)c3)cc2)O[C@@H]1c1ccc(CO)cc1. The van der Waals surface area contributed by atoms with Crippen LogP contribution in [0.2, 0.25) is 0 Å². The lowest BCUT2D eigenvalue weighted by atomic mass is 9.89. The van der Waals surface area contributed by atoms with Gasteiger partial charge in [-0.15, -0.1) is 0 Å². The summed E-state index contributed by atoms with van der Waals surface area (Å²) in [6.07, 6.45) is 5.99. The average molecular weight is 712 g/mol. The van der Waals surface area contributed by atoms with Crippen LogP contribution in [0.1, 0.15) is 77.7 Å². The van der Waals surface area contributed by atoms with Gasteiger partial charge in [-0.1, -0.05) is 85.8 Å². The van der Waals surface area contributed by atoms with Gasteiger partial charge in [0, 0.05) is 37.2 Å². The molecule has 53 heavy (non-hydrogen) atoms. The summed E-state index contributed by atoms with van der Waals surface area (Å²) in [7, 11) is 0. The summed E-state index contributed by atoms with van der Waals surface area (Å²) in [5.74, 6) is -0.109. The zero-order valence-corrected chi connectivity index (χ0v) is 30.4. The smallest absolute Gasteiger partial charge is 0.271 e. The predicted molar refractivity (Wildman–Crippen MR) is 206 cm³/mol. The van der Waals surface area contributed by atoms with Crippen LogP contribution in [0.3, 0.4) is 0 Å². The molecule has 3 fully saturated rings. The molecule has 0 saturated carbocycles. The molecule has 0 bridgehead atoms. The van der Waals surface area contributed by atoms with Gasteiger partial charge >= 0.3 is 0 Å². The Bertz CT molecular complexity index is 2000. The number of nitrogens with zero attached hydrogens (tertiary/aromatic N) is 4. The summed E-state index contributed by atoms with van der Waals surface area (Å²) >= 11 is 0. The molecule has 3 saturated heterocycles. The minimum absolute atomic E-state index is 0.00241. The molecular formula is C44H49N5O4. The number of benzene rings is 4. The van der Waals surface area contributed by atoms with E-state index >= 15 is 0 Å². The molecule has 5 atom stereocenters. The molecule has 3 aliphatic rings. The number of ether oxygens (including phenoxy) is 2. The average Bonchev–Trinajstić information content (AvgIpc) is 3.90. The van der Waals surface area contributed by atoms with E-state index in [1.807, 2.05) is 48.5 Å². The highest BCUT2D eigenvalue weighted by molar-refractivity contribution is 5.93. The largest absolute Gasteiger partial charge is 0.392 e. The van der Waals surface area contributed by atoms with E-state index in [9.17, 15) is 9.90 Å². The van der Waals surface area contributed by atoms with E-state index in [-0.39, 0.29) is 30.6 Å². The second kappa shape index (κ2) is 16.2. The summed E-state index contributed by atoms with van der Waals surface area (Å²) in [5, 5.41) is 12.7. The molecule has 4 heterocycles. The second-order valence-electron chi connectivity index (χ2n) is 14.9. The van der Waals surface area contributed by atoms with Crippen molar-refractivity contribution in [3.8, 4) is 11.1 Å². The van der Waals surface area contributed by atoms with Gasteiger partial charge in [0.2, 0.25) is 0 Å². The number of aliphatic hydroxyl groups is 1. The van der Waals surface area contributed by atoms with Crippen molar-refractivity contribution in [3.05, 3.63) is 131 Å². The maximum Gasteiger partial charge on any atom is 0.271 e. The minimum atomic E-state index is -0.507. The van der Waals surface area contributed by atoms with Crippen molar-refractivity contribution in [3.63, 3.8) is 0 Å². The minimum Gasteiger partial charge on any atom is -0.392 e. The molecule has 274 valence electrons. The van der Waals surface area contributed by atoms with Crippen LogP contribution in [-0.4, -0.2) is 75.7 Å². The first-order chi connectivity index (χ1) is 26.0. The van der Waals surface area contributed by atoms with E-state index in [2.05, 4.69) is 80.5 Å². The Balaban J connectivity index is 0.966. The molecule has 5 aromatic rings. The highest BCUT2D eigenvalue weighted by Crippen LogP contribution is 2.42. The van der Waals surface area contributed by atoms with E-state index in [4.69, 9.17) is 9.47 Å². The first-order valence-corrected chi connectivity index (χ1v) is 19.2. The molecule has 1 amide bonds. The van der Waals surface area contributed by atoms with E-state index in [0.29, 0.717) is 23.8 Å². The number of nitrogens with one attached hydrogen (secondary N) is 1. The number of amides is 1. The van der Waals surface area contributed by atoms with Gasteiger partial charge in [0.15, 0.2) is 6.29 Å². The number of hydrogen-bond acceptors (Lipinski definition) is 8. The van der Waals surface area contributed by atoms with E-state index in [1.165, 1.54) is 45.0 Å². The fourth-order valence-corrected chi connectivity index (χ4v) is 8.20. The van der Waals surface area contributed by atoms with Crippen molar-refractivity contribution in [2.75, 3.05) is 32.7 Å². The number of carbonyl (C=O) groups is 1. The number of fused-ring (bicyclic) bond motifs is 1. The molecule has 4 aromatic carbocycles. The van der Waals surface area contributed by atoms with Crippen LogP contribution in [0.25, 0.3) is 22.2 Å². The third kappa shape index (κ3) is 8.20. The maximum atomic E-state index is 12.9. The zero-order valence-electron chi connectivity index (χ0n) is 30.4. The van der Waals surface area contributed by atoms with Crippen LogP contribution >= 0.6 is 0 Å². The molecule has 0 spiro atoms. The Morgan fingerprint density at radius 2 is 1.58 bits per heavy atom. The normalized spacial score (nSPS) is 23.8. The molecule has 0 unspecified atom stereocenters. The summed E-state index contributed by atoms with van der Waals surface area (Å²) in [5.41, 5.74) is 7.86. The number of carbonyl (C=O) groups excluding carboxylic acids is 1. The Morgan fingerprint density at radius 3 is 2.38 bits per heavy atom. The summed E-state index contributed by atoms with van der Waals surface area (Å²) in [6, 6.07) is 32.9. The number of aromatic nitrogens is 2. The summed E-state index contributed by atoms with van der Waals surface area (Å²) < 4.78 is 13.7. The zero-order chi connectivity index (χ0) is 36.1. The molecule has 1 aromatic heterocycles. The fourth-order valence-electron chi connectivity index (χ4n) is 8.20. The quantitative estimate of drug-likeness (QED) is 0.150. The molecule has 9 nitrogen and oxygen atoms in total. The molecular weight excluding hydrogens is 663 g/mol. The van der Waals surface area contributed by atoms with Crippen molar-refractivity contribution in [1.82, 2.24) is 25.1 Å². The lowest BCUT2D eigenvalue weighted by molar-refractivity contribution is -0.276. The van der Waals surface area contributed by atoms with Crippen LogP contribution in [0.4, 0.5) is 0 Å². The molecule has 9 heteroatoms. The molecule has 0 aliphatic carbocycles. The maximum absolute atomic E-state index is 12.9. The highest BCUT2D eigenvalue weighted by Gasteiger charge is 2.41. The molecule has 0 radical (unpaired) electrons. The fraction of sp³-hybridized carbons (Fsp3) is 0.386. The van der Waals surface area contributed by atoms with Crippen molar-refractivity contribution in [2.45, 2.75) is 70.3 Å². The van der Waals surface area contributed by atoms with Gasteiger partial charge < -0.3 is 24.8 Å². The van der Waals surface area contributed by atoms with Crippen LogP contribution in [0.5, 0.6) is 0 Å². The highest BCUT2D eigenvalue weighted by atomic mass is 16.7. The van der Waals surface area contributed by atoms with Crippen LogP contribution in [-0.2, 0) is 22.6 Å². The van der Waals surface area contributed by atoms with Gasteiger partial charge in [-0.3, -0.25) is 14.7 Å². The van der Waals surface area contributed by atoms with E-state index in [1.54, 1.807) is 0 Å². The first-order valence-electron chi connectivity index (χ1n) is 19.2. The topological polar surface area (TPSA) is 100 Å². The van der Waals surface area contributed by atoms with Crippen molar-refractivity contribution in [1.29, 1.82) is 0 Å². The van der Waals surface area contributed by atoms with Crippen LogP contribution in [0, 0.1) is 5.92 Å². The van der Waals surface area contributed by atoms with Gasteiger partial charge in [0.25, 0.3) is 5.91 Å². The van der Waals surface area contributed by atoms with E-state index in [0.717, 1.165) is 58.5 Å². The monoisotopic (exact) mass is 711 g/mol. The van der Waals surface area contributed by atoms with Crippen molar-refractivity contribution in [2.24, 2.45) is 5.92 Å². The van der Waals surface area contributed by atoms with Gasteiger partial charge in [-0.05, 0) is 91.3 Å².